The first kappa shape index (κ1) is 15.1. The lowest BCUT2D eigenvalue weighted by molar-refractivity contribution is 0.462. The average Bonchev–Trinajstić information content (AvgIpc) is 2.50. The molecule has 0 aliphatic carbocycles. The summed E-state index contributed by atoms with van der Waals surface area (Å²) in [5, 5.41) is 23.0. The largest absolute Gasteiger partial charge is 0.508 e. The number of hydrogen-bond donors (Lipinski definition) is 3. The van der Waals surface area contributed by atoms with Crippen molar-refractivity contribution in [3.8, 4) is 11.5 Å². The first-order valence-corrected chi connectivity index (χ1v) is 8.61. The van der Waals surface area contributed by atoms with Crippen molar-refractivity contribution in [1.29, 1.82) is 0 Å². The molecule has 0 amide bonds. The van der Waals surface area contributed by atoms with Gasteiger partial charge in [0.2, 0.25) is 0 Å². The Balaban J connectivity index is 2.15. The molecule has 6 nitrogen and oxygen atoms in total. The van der Waals surface area contributed by atoms with E-state index in [4.69, 9.17) is 0 Å². The predicted molar refractivity (Wildman–Crippen MR) is 87.9 cm³/mol. The highest BCUT2D eigenvalue weighted by Crippen LogP contribution is 2.33. The Morgan fingerprint density at radius 1 is 1.00 bits per heavy atom. The molecule has 0 aliphatic heterocycles. The molecular weight excluding hydrogens is 316 g/mol. The van der Waals surface area contributed by atoms with Crippen molar-refractivity contribution >= 4 is 32.1 Å². The standard InChI is InChI=1S/C16H14N2O4S/c1-23(21,22)11-3-4-13-12(9-11)14(6-7-17-13)18-15-8-10(19)2-5-16(15)20/h2-9,19-20H,1H3,(H,17,18). The quantitative estimate of drug-likeness (QED) is 0.504. The number of benzene rings is 2. The second-order valence-electron chi connectivity index (χ2n) is 5.14. The van der Waals surface area contributed by atoms with Gasteiger partial charge in [-0.1, -0.05) is 0 Å². The minimum Gasteiger partial charge on any atom is -0.508 e. The highest BCUT2D eigenvalue weighted by Gasteiger charge is 2.11. The van der Waals surface area contributed by atoms with Crippen LogP contribution >= 0.6 is 0 Å². The number of nitrogens with zero attached hydrogens (tertiary/aromatic N) is 1. The van der Waals surface area contributed by atoms with E-state index in [0.29, 0.717) is 22.3 Å². The molecule has 0 bridgehead atoms. The summed E-state index contributed by atoms with van der Waals surface area (Å²) in [5.74, 6) is -0.0347. The van der Waals surface area contributed by atoms with Gasteiger partial charge in [-0.25, -0.2) is 8.42 Å². The van der Waals surface area contributed by atoms with Gasteiger partial charge in [0.1, 0.15) is 11.5 Å². The molecule has 0 saturated heterocycles. The monoisotopic (exact) mass is 330 g/mol. The number of fused-ring (bicyclic) bond motifs is 1. The number of hydrogen-bond acceptors (Lipinski definition) is 6. The van der Waals surface area contributed by atoms with Crippen molar-refractivity contribution in [2.75, 3.05) is 11.6 Å². The maximum Gasteiger partial charge on any atom is 0.175 e. The number of phenolic OH excluding ortho intramolecular Hbond substituents is 2. The van der Waals surface area contributed by atoms with E-state index in [1.807, 2.05) is 0 Å². The number of anilines is 2. The van der Waals surface area contributed by atoms with E-state index in [1.165, 1.54) is 30.3 Å². The highest BCUT2D eigenvalue weighted by atomic mass is 32.2. The van der Waals surface area contributed by atoms with Crippen molar-refractivity contribution in [2.24, 2.45) is 0 Å². The number of phenols is 2. The molecule has 7 heteroatoms. The zero-order chi connectivity index (χ0) is 16.6. The summed E-state index contributed by atoms with van der Waals surface area (Å²) in [7, 11) is -3.34. The van der Waals surface area contributed by atoms with E-state index in [0.717, 1.165) is 6.26 Å². The Morgan fingerprint density at radius 2 is 1.78 bits per heavy atom. The van der Waals surface area contributed by atoms with Gasteiger partial charge in [0.15, 0.2) is 9.84 Å². The molecule has 0 aliphatic rings. The van der Waals surface area contributed by atoms with Gasteiger partial charge in [0.25, 0.3) is 0 Å². The summed E-state index contributed by atoms with van der Waals surface area (Å²) in [5.41, 5.74) is 1.49. The van der Waals surface area contributed by atoms with Gasteiger partial charge < -0.3 is 15.5 Å². The van der Waals surface area contributed by atoms with Gasteiger partial charge in [-0.05, 0) is 36.4 Å². The summed E-state index contributed by atoms with van der Waals surface area (Å²) in [6.07, 6.45) is 2.71. The average molecular weight is 330 g/mol. The second-order valence-corrected chi connectivity index (χ2v) is 7.15. The molecule has 3 N–H and O–H groups in total. The van der Waals surface area contributed by atoms with Gasteiger partial charge in [0.05, 0.1) is 16.1 Å². The van der Waals surface area contributed by atoms with E-state index in [1.54, 1.807) is 18.3 Å². The molecule has 0 radical (unpaired) electrons. The highest BCUT2D eigenvalue weighted by molar-refractivity contribution is 7.90. The summed E-state index contributed by atoms with van der Waals surface area (Å²) in [4.78, 5) is 4.38. The number of pyridine rings is 1. The molecule has 3 rings (SSSR count). The zero-order valence-electron chi connectivity index (χ0n) is 12.2. The molecule has 118 valence electrons. The molecule has 0 fully saturated rings. The molecule has 23 heavy (non-hydrogen) atoms. The fraction of sp³-hybridized carbons (Fsp3) is 0.0625. The number of aromatic nitrogens is 1. The van der Waals surface area contributed by atoms with Crippen LogP contribution in [-0.2, 0) is 9.84 Å². The fourth-order valence-corrected chi connectivity index (χ4v) is 2.88. The Labute approximate surface area is 133 Å². The molecule has 0 unspecified atom stereocenters. The Bertz CT molecular complexity index is 1000. The van der Waals surface area contributed by atoms with Crippen molar-refractivity contribution in [3.63, 3.8) is 0 Å². The van der Waals surface area contributed by atoms with Crippen molar-refractivity contribution in [2.45, 2.75) is 4.90 Å². The third-order valence-electron chi connectivity index (χ3n) is 3.39. The predicted octanol–water partition coefficient (Wildman–Crippen LogP) is 2.79. The number of sulfone groups is 1. The maximum atomic E-state index is 11.7. The minimum atomic E-state index is -3.34. The number of nitrogens with one attached hydrogen (secondary N) is 1. The van der Waals surface area contributed by atoms with E-state index in [-0.39, 0.29) is 16.4 Å². The van der Waals surface area contributed by atoms with Crippen LogP contribution in [0.4, 0.5) is 11.4 Å². The van der Waals surface area contributed by atoms with Crippen LogP contribution in [0.2, 0.25) is 0 Å². The van der Waals surface area contributed by atoms with Crippen LogP contribution in [0.3, 0.4) is 0 Å². The Hall–Kier alpha value is -2.80. The van der Waals surface area contributed by atoms with Crippen LogP contribution in [0.25, 0.3) is 10.9 Å². The van der Waals surface area contributed by atoms with Crippen LogP contribution < -0.4 is 5.32 Å². The number of rotatable bonds is 3. The minimum absolute atomic E-state index is 0.000451. The Kier molecular flexibility index (Phi) is 3.57. The summed E-state index contributed by atoms with van der Waals surface area (Å²) in [6, 6.07) is 10.4. The molecule has 0 spiro atoms. The first-order valence-electron chi connectivity index (χ1n) is 6.72. The van der Waals surface area contributed by atoms with Crippen molar-refractivity contribution < 1.29 is 18.6 Å². The SMILES string of the molecule is CS(=O)(=O)c1ccc2nccc(Nc3cc(O)ccc3O)c2c1. The van der Waals surface area contributed by atoms with Gasteiger partial charge in [-0.15, -0.1) is 0 Å². The van der Waals surface area contributed by atoms with E-state index in [2.05, 4.69) is 10.3 Å². The number of aromatic hydroxyl groups is 2. The van der Waals surface area contributed by atoms with Crippen molar-refractivity contribution in [3.05, 3.63) is 48.7 Å². The first-order chi connectivity index (χ1) is 10.8. The van der Waals surface area contributed by atoms with E-state index >= 15 is 0 Å². The van der Waals surface area contributed by atoms with Gasteiger partial charge in [-0.2, -0.15) is 0 Å². The van der Waals surface area contributed by atoms with Crippen LogP contribution in [0, 0.1) is 0 Å². The summed E-state index contributed by atoms with van der Waals surface area (Å²) < 4.78 is 23.5. The van der Waals surface area contributed by atoms with E-state index in [9.17, 15) is 18.6 Å². The van der Waals surface area contributed by atoms with E-state index < -0.39 is 9.84 Å². The molecular formula is C16H14N2O4S. The van der Waals surface area contributed by atoms with Gasteiger partial charge in [0, 0.05) is 29.6 Å². The lowest BCUT2D eigenvalue weighted by atomic mass is 10.1. The van der Waals surface area contributed by atoms with Crippen LogP contribution in [0.1, 0.15) is 0 Å². The summed E-state index contributed by atoms with van der Waals surface area (Å²) >= 11 is 0. The topological polar surface area (TPSA) is 99.5 Å². The maximum absolute atomic E-state index is 11.7. The molecule has 1 aromatic heterocycles. The van der Waals surface area contributed by atoms with Gasteiger partial charge in [-0.3, -0.25) is 4.98 Å². The molecule has 2 aromatic carbocycles. The van der Waals surface area contributed by atoms with Crippen LogP contribution in [-0.4, -0.2) is 29.9 Å². The lowest BCUT2D eigenvalue weighted by Crippen LogP contribution is -1.98. The third kappa shape index (κ3) is 3.04. The molecule has 0 atom stereocenters. The van der Waals surface area contributed by atoms with Gasteiger partial charge >= 0.3 is 0 Å². The third-order valence-corrected chi connectivity index (χ3v) is 4.50. The van der Waals surface area contributed by atoms with Crippen molar-refractivity contribution in [1.82, 2.24) is 4.98 Å². The fourth-order valence-electron chi connectivity index (χ4n) is 2.23. The zero-order valence-corrected chi connectivity index (χ0v) is 13.0. The smallest absolute Gasteiger partial charge is 0.175 e. The van der Waals surface area contributed by atoms with Crippen LogP contribution in [0.5, 0.6) is 11.5 Å². The molecule has 0 saturated carbocycles. The second kappa shape index (κ2) is 5.44. The molecule has 3 aromatic rings. The Morgan fingerprint density at radius 3 is 2.52 bits per heavy atom. The normalized spacial score (nSPS) is 11.5. The molecule has 1 heterocycles. The lowest BCUT2D eigenvalue weighted by Gasteiger charge is -2.12. The summed E-state index contributed by atoms with van der Waals surface area (Å²) in [6.45, 7) is 0. The van der Waals surface area contributed by atoms with Crippen LogP contribution in [0.15, 0.2) is 53.6 Å².